The van der Waals surface area contributed by atoms with Crippen molar-refractivity contribution in [3.05, 3.63) is 29.8 Å². The molecular weight excluding hydrogens is 654 g/mol. The summed E-state index contributed by atoms with van der Waals surface area (Å²) in [5.41, 5.74) is -5.04. The number of alkyl halides is 3. The molecule has 1 aromatic rings. The molecule has 1 saturated heterocycles. The molecule has 0 N–H and O–H groups in total. The summed E-state index contributed by atoms with van der Waals surface area (Å²) < 4.78 is 107. The van der Waals surface area contributed by atoms with Crippen LogP contribution in [0.15, 0.2) is 24.3 Å². The molecule has 0 amide bonds. The normalized spacial score (nSPS) is 23.9. The van der Waals surface area contributed by atoms with E-state index in [0.29, 0.717) is 11.3 Å². The first-order valence-electron chi connectivity index (χ1n) is 14.6. The van der Waals surface area contributed by atoms with Crippen LogP contribution in [0.5, 0.6) is 5.75 Å². The zero-order valence-corrected chi connectivity index (χ0v) is 31.1. The Morgan fingerprint density at radius 3 is 1.76 bits per heavy atom. The van der Waals surface area contributed by atoms with Crippen LogP contribution in [0, 0.1) is 0 Å². The Morgan fingerprint density at radius 2 is 1.33 bits per heavy atom. The maximum Gasteiger partial charge on any atom is 0.523 e. The smallest absolute Gasteiger partial charge is 0.497 e. The van der Waals surface area contributed by atoms with E-state index >= 15 is 0 Å². The van der Waals surface area contributed by atoms with Crippen molar-refractivity contribution in [3.8, 4) is 5.75 Å². The molecule has 1 heterocycles. The summed E-state index contributed by atoms with van der Waals surface area (Å²) >= 11 is 0. The average Bonchev–Trinajstić information content (AvgIpc) is 2.89. The summed E-state index contributed by atoms with van der Waals surface area (Å²) in [4.78, 5) is 13.2. The highest BCUT2D eigenvalue weighted by Crippen LogP contribution is 2.44. The Morgan fingerprint density at radius 1 is 0.844 bits per heavy atom. The van der Waals surface area contributed by atoms with E-state index in [9.17, 15) is 26.4 Å². The highest BCUT2D eigenvalue weighted by atomic mass is 32.2. The Balaban J connectivity index is 2.70. The number of hydrogen-bond acceptors (Lipinski definition) is 10. The molecule has 1 aliphatic heterocycles. The van der Waals surface area contributed by atoms with Crippen LogP contribution in [-0.2, 0) is 48.8 Å². The minimum atomic E-state index is -6.15. The minimum Gasteiger partial charge on any atom is -0.497 e. The van der Waals surface area contributed by atoms with Crippen LogP contribution in [-0.4, -0.2) is 87.9 Å². The summed E-state index contributed by atoms with van der Waals surface area (Å²) in [5, 5.41) is -0.886. The number of carbonyl (C=O) groups is 1. The summed E-state index contributed by atoms with van der Waals surface area (Å²) in [7, 11) is -9.19. The molecule has 260 valence electrons. The van der Waals surface area contributed by atoms with Crippen LogP contribution in [0.3, 0.4) is 0 Å². The Kier molecular flexibility index (Phi) is 12.6. The second-order valence-electron chi connectivity index (χ2n) is 14.1. The third-order valence-corrected chi connectivity index (χ3v) is 18.8. The van der Waals surface area contributed by atoms with E-state index in [-0.39, 0.29) is 6.61 Å². The summed E-state index contributed by atoms with van der Waals surface area (Å²) in [6.07, 6.45) is -7.72. The van der Waals surface area contributed by atoms with Crippen molar-refractivity contribution in [2.24, 2.45) is 0 Å². The number of hydrogen-bond donors (Lipinski definition) is 0. The molecule has 10 nitrogen and oxygen atoms in total. The topological polar surface area (TPSA) is 116 Å². The number of rotatable bonds is 12. The van der Waals surface area contributed by atoms with E-state index in [1.165, 1.54) is 7.11 Å². The number of ether oxygens (including phenoxy) is 4. The van der Waals surface area contributed by atoms with Crippen molar-refractivity contribution in [1.82, 2.24) is 0 Å². The maximum atomic E-state index is 13.8. The summed E-state index contributed by atoms with van der Waals surface area (Å²) in [6.45, 7) is 18.6. The monoisotopic (exact) mass is 702 g/mol. The molecule has 0 spiro atoms. The molecule has 0 aromatic heterocycles. The Bertz CT molecular complexity index is 1240. The number of benzene rings is 1. The van der Waals surface area contributed by atoms with E-state index in [1.807, 2.05) is 67.7 Å². The molecule has 0 radical (unpaired) electrons. The van der Waals surface area contributed by atoms with Gasteiger partial charge in [0, 0.05) is 0 Å². The molecule has 0 aliphatic carbocycles. The lowest BCUT2D eigenvalue weighted by Crippen LogP contribution is -2.68. The predicted molar refractivity (Wildman–Crippen MR) is 167 cm³/mol. The van der Waals surface area contributed by atoms with Gasteiger partial charge in [0.25, 0.3) is 0 Å². The van der Waals surface area contributed by atoms with Crippen LogP contribution < -0.4 is 4.74 Å². The van der Waals surface area contributed by atoms with Crippen molar-refractivity contribution in [2.75, 3.05) is 20.8 Å². The van der Waals surface area contributed by atoms with Gasteiger partial charge in [-0.25, -0.2) is 4.79 Å². The van der Waals surface area contributed by atoms with Crippen molar-refractivity contribution in [3.63, 3.8) is 0 Å². The maximum absolute atomic E-state index is 13.8. The second kappa shape index (κ2) is 14.3. The lowest BCUT2D eigenvalue weighted by Gasteiger charge is -2.51. The van der Waals surface area contributed by atoms with Gasteiger partial charge in [0.1, 0.15) is 30.2 Å². The number of carbonyl (C=O) groups excluding carboxylic acids is 1. The summed E-state index contributed by atoms with van der Waals surface area (Å²) in [5.74, 6) is -0.251. The standard InChI is InChI=1S/C29H49F3O10SSi2/c1-27(2,3)44(9,10)41-23-22(40-43(34,35)29(30,31)32)21(18-38-17-19-13-15-20(36-7)16-14-19)39-25(26(33)37-8)24(23)42-45(11,12)28(4,5)6/h13-16,21-25H,17-18H2,1-12H3/t21-,22+,23+,24-,25-/m1/s1. The van der Waals surface area contributed by atoms with Gasteiger partial charge in [0.05, 0.1) is 27.4 Å². The van der Waals surface area contributed by atoms with Gasteiger partial charge < -0.3 is 27.8 Å². The first kappa shape index (κ1) is 39.6. The molecule has 45 heavy (non-hydrogen) atoms. The van der Waals surface area contributed by atoms with E-state index in [2.05, 4.69) is 0 Å². The van der Waals surface area contributed by atoms with Crippen LogP contribution in [0.4, 0.5) is 13.2 Å². The molecular formula is C29H49F3O10SSi2. The van der Waals surface area contributed by atoms with Crippen molar-refractivity contribution < 1.29 is 58.4 Å². The first-order chi connectivity index (χ1) is 20.3. The highest BCUT2D eigenvalue weighted by molar-refractivity contribution is 7.87. The summed E-state index contributed by atoms with van der Waals surface area (Å²) in [6, 6.07) is 6.87. The minimum absolute atomic E-state index is 0.0108. The molecule has 1 aromatic carbocycles. The fraction of sp³-hybridized carbons (Fsp3) is 0.759. The number of esters is 1. The molecule has 1 aliphatic rings. The third kappa shape index (κ3) is 9.75. The van der Waals surface area contributed by atoms with E-state index in [4.69, 9.17) is 32.0 Å². The van der Waals surface area contributed by atoms with Crippen LogP contribution >= 0.6 is 0 Å². The fourth-order valence-corrected chi connectivity index (χ4v) is 7.21. The Labute approximate surface area is 267 Å². The van der Waals surface area contributed by atoms with Crippen LogP contribution in [0.25, 0.3) is 0 Å². The van der Waals surface area contributed by atoms with Gasteiger partial charge in [-0.3, -0.25) is 4.18 Å². The van der Waals surface area contributed by atoms with Gasteiger partial charge in [-0.1, -0.05) is 53.7 Å². The number of halogens is 3. The van der Waals surface area contributed by atoms with E-state index in [0.717, 1.165) is 7.11 Å². The van der Waals surface area contributed by atoms with Gasteiger partial charge in [0.2, 0.25) is 0 Å². The second-order valence-corrected chi connectivity index (χ2v) is 25.2. The Hall–Kier alpha value is -1.54. The fourth-order valence-electron chi connectivity index (χ4n) is 3.98. The molecule has 1 fully saturated rings. The first-order valence-corrected chi connectivity index (χ1v) is 21.8. The van der Waals surface area contributed by atoms with Gasteiger partial charge in [0.15, 0.2) is 22.7 Å². The van der Waals surface area contributed by atoms with Gasteiger partial charge in [-0.05, 0) is 54.0 Å². The van der Waals surface area contributed by atoms with E-state index in [1.54, 1.807) is 24.3 Å². The quantitative estimate of drug-likeness (QED) is 0.108. The average molecular weight is 703 g/mol. The molecule has 2 rings (SSSR count). The lowest BCUT2D eigenvalue weighted by atomic mass is 9.95. The molecule has 5 atom stereocenters. The highest BCUT2D eigenvalue weighted by Gasteiger charge is 2.59. The zero-order valence-electron chi connectivity index (χ0n) is 28.2. The largest absolute Gasteiger partial charge is 0.523 e. The SMILES string of the molecule is COC(=O)[C@@H]1O[C@H](COCc2ccc(OC)cc2)[C@H](OS(=O)(=O)C(F)(F)F)[C@H](O[Si](C)(C)C(C)(C)C)[C@H]1O[Si](C)(C)C(C)(C)C. The molecule has 16 heteroatoms. The third-order valence-electron chi connectivity index (χ3n) is 8.77. The predicted octanol–water partition coefficient (Wildman–Crippen LogP) is 6.17. The lowest BCUT2D eigenvalue weighted by molar-refractivity contribution is -0.227. The molecule has 0 bridgehead atoms. The van der Waals surface area contributed by atoms with Crippen LogP contribution in [0.2, 0.25) is 36.3 Å². The number of methoxy groups -OCH3 is 2. The van der Waals surface area contributed by atoms with Crippen molar-refractivity contribution in [1.29, 1.82) is 0 Å². The molecule has 0 unspecified atom stereocenters. The van der Waals surface area contributed by atoms with E-state index < -0.39 is 85.4 Å². The molecule has 0 saturated carbocycles. The van der Waals surface area contributed by atoms with Crippen LogP contribution in [0.1, 0.15) is 47.1 Å². The van der Waals surface area contributed by atoms with Gasteiger partial charge in [-0.15, -0.1) is 0 Å². The van der Waals surface area contributed by atoms with Crippen molar-refractivity contribution in [2.45, 2.75) is 120 Å². The van der Waals surface area contributed by atoms with Gasteiger partial charge in [-0.2, -0.15) is 21.6 Å². The van der Waals surface area contributed by atoms with Gasteiger partial charge >= 0.3 is 21.6 Å². The zero-order chi connectivity index (χ0) is 34.8. The van der Waals surface area contributed by atoms with Crippen molar-refractivity contribution >= 4 is 32.7 Å².